The zero-order valence-corrected chi connectivity index (χ0v) is 16.0. The van der Waals surface area contributed by atoms with Crippen LogP contribution in [0.15, 0.2) is 59.1 Å². The molecule has 6 nitrogen and oxygen atoms in total. The van der Waals surface area contributed by atoms with Gasteiger partial charge in [0.1, 0.15) is 0 Å². The Morgan fingerprint density at radius 1 is 1.30 bits per heavy atom. The highest BCUT2D eigenvalue weighted by molar-refractivity contribution is 7.99. The van der Waals surface area contributed by atoms with Crippen LogP contribution in [0.25, 0.3) is 11.0 Å². The molecule has 1 N–H and O–H groups in total. The van der Waals surface area contributed by atoms with E-state index in [0.29, 0.717) is 22.7 Å². The topological polar surface area (TPSA) is 76.9 Å². The number of allylic oxidation sites excluding steroid dienone is 1. The lowest BCUT2D eigenvalue weighted by molar-refractivity contribution is -0.113. The van der Waals surface area contributed by atoms with Gasteiger partial charge in [-0.25, -0.2) is 9.97 Å². The van der Waals surface area contributed by atoms with Gasteiger partial charge in [0.25, 0.3) is 5.56 Å². The maximum atomic E-state index is 12.7. The van der Waals surface area contributed by atoms with Crippen LogP contribution in [0.3, 0.4) is 0 Å². The average Bonchev–Trinajstić information content (AvgIpc) is 2.66. The molecule has 7 heteroatoms. The molecule has 3 aromatic rings. The van der Waals surface area contributed by atoms with Crippen LogP contribution in [0.5, 0.6) is 0 Å². The van der Waals surface area contributed by atoms with E-state index in [9.17, 15) is 9.59 Å². The zero-order valence-electron chi connectivity index (χ0n) is 15.2. The fraction of sp³-hybridized carbons (Fsp3) is 0.200. The molecule has 2 heterocycles. The molecular weight excluding hydrogens is 360 g/mol. The van der Waals surface area contributed by atoms with E-state index in [1.165, 1.54) is 21.9 Å². The summed E-state index contributed by atoms with van der Waals surface area (Å²) in [5.41, 5.74) is 3.22. The second-order valence-corrected chi connectivity index (χ2v) is 7.05. The maximum Gasteiger partial charge on any atom is 0.263 e. The SMILES string of the molecule is C=CCn1c(SCC(=O)Nc2ccc(C)c(C)c2)nc2ncccc2c1=O. The number of hydrogen-bond acceptors (Lipinski definition) is 5. The first-order valence-electron chi connectivity index (χ1n) is 8.46. The van der Waals surface area contributed by atoms with E-state index in [1.807, 2.05) is 32.0 Å². The number of thioether (sulfide) groups is 1. The summed E-state index contributed by atoms with van der Waals surface area (Å²) in [4.78, 5) is 33.6. The first-order valence-corrected chi connectivity index (χ1v) is 9.44. The summed E-state index contributed by atoms with van der Waals surface area (Å²) in [6, 6.07) is 9.17. The van der Waals surface area contributed by atoms with Crippen molar-refractivity contribution in [2.45, 2.75) is 25.5 Å². The van der Waals surface area contributed by atoms with Gasteiger partial charge in [0, 0.05) is 18.4 Å². The summed E-state index contributed by atoms with van der Waals surface area (Å²) in [5.74, 6) is -0.0294. The molecule has 0 unspecified atom stereocenters. The Morgan fingerprint density at radius 2 is 2.11 bits per heavy atom. The van der Waals surface area contributed by atoms with Gasteiger partial charge >= 0.3 is 0 Å². The number of nitrogens with zero attached hydrogens (tertiary/aromatic N) is 3. The van der Waals surface area contributed by atoms with E-state index in [1.54, 1.807) is 24.4 Å². The van der Waals surface area contributed by atoms with E-state index in [4.69, 9.17) is 0 Å². The molecule has 0 saturated heterocycles. The quantitative estimate of drug-likeness (QED) is 0.403. The Hall–Kier alpha value is -2.93. The Labute approximate surface area is 161 Å². The lowest BCUT2D eigenvalue weighted by Crippen LogP contribution is -2.24. The normalized spacial score (nSPS) is 10.7. The first-order chi connectivity index (χ1) is 13.0. The number of pyridine rings is 1. The highest BCUT2D eigenvalue weighted by Gasteiger charge is 2.13. The maximum absolute atomic E-state index is 12.7. The molecule has 0 aliphatic carbocycles. The standard InChI is InChI=1S/C20H20N4O2S/c1-4-10-24-19(26)16-6-5-9-21-18(16)23-20(24)27-12-17(25)22-15-8-7-13(2)14(3)11-15/h4-9,11H,1,10,12H2,2-3H3,(H,22,25). The zero-order chi connectivity index (χ0) is 19.4. The van der Waals surface area contributed by atoms with E-state index in [-0.39, 0.29) is 17.2 Å². The van der Waals surface area contributed by atoms with E-state index in [0.717, 1.165) is 11.3 Å². The molecule has 0 aliphatic heterocycles. The predicted octanol–water partition coefficient (Wildman–Crippen LogP) is 3.33. The Morgan fingerprint density at radius 3 is 2.85 bits per heavy atom. The van der Waals surface area contributed by atoms with E-state index >= 15 is 0 Å². The lowest BCUT2D eigenvalue weighted by atomic mass is 10.1. The van der Waals surface area contributed by atoms with Crippen LogP contribution in [0.2, 0.25) is 0 Å². The summed E-state index contributed by atoms with van der Waals surface area (Å²) in [6.45, 7) is 8.03. The number of benzene rings is 1. The van der Waals surface area contributed by atoms with Crippen LogP contribution in [-0.4, -0.2) is 26.2 Å². The number of amides is 1. The molecule has 0 spiro atoms. The summed E-state index contributed by atoms with van der Waals surface area (Å²) < 4.78 is 1.50. The van der Waals surface area contributed by atoms with Crippen molar-refractivity contribution in [3.05, 3.63) is 70.7 Å². The first kappa shape index (κ1) is 18.8. The van der Waals surface area contributed by atoms with Crippen molar-refractivity contribution in [2.24, 2.45) is 0 Å². The Bertz CT molecular complexity index is 1080. The molecule has 1 aromatic carbocycles. The smallest absolute Gasteiger partial charge is 0.263 e. The average molecular weight is 380 g/mol. The number of carbonyl (C=O) groups excluding carboxylic acids is 1. The number of fused-ring (bicyclic) bond motifs is 1. The van der Waals surface area contributed by atoms with Crippen LogP contribution < -0.4 is 10.9 Å². The van der Waals surface area contributed by atoms with Gasteiger partial charge in [0.05, 0.1) is 11.1 Å². The molecular formula is C20H20N4O2S. The minimum Gasteiger partial charge on any atom is -0.325 e. The van der Waals surface area contributed by atoms with Crippen LogP contribution in [-0.2, 0) is 11.3 Å². The minimum atomic E-state index is -0.190. The molecule has 0 atom stereocenters. The number of carbonyl (C=O) groups is 1. The van der Waals surface area contributed by atoms with Crippen molar-refractivity contribution >= 4 is 34.4 Å². The minimum absolute atomic E-state index is 0.134. The van der Waals surface area contributed by atoms with Crippen LogP contribution in [0, 0.1) is 13.8 Å². The van der Waals surface area contributed by atoms with Crippen molar-refractivity contribution in [3.63, 3.8) is 0 Å². The number of rotatable bonds is 6. The van der Waals surface area contributed by atoms with Crippen molar-refractivity contribution in [3.8, 4) is 0 Å². The van der Waals surface area contributed by atoms with Crippen LogP contribution in [0.1, 0.15) is 11.1 Å². The van der Waals surface area contributed by atoms with Crippen LogP contribution >= 0.6 is 11.8 Å². The molecule has 2 aromatic heterocycles. The number of aromatic nitrogens is 3. The molecule has 0 aliphatic rings. The Balaban J connectivity index is 1.80. The third-order valence-electron chi connectivity index (χ3n) is 4.13. The van der Waals surface area contributed by atoms with Crippen molar-refractivity contribution in [2.75, 3.05) is 11.1 Å². The second-order valence-electron chi connectivity index (χ2n) is 6.11. The van der Waals surface area contributed by atoms with Crippen molar-refractivity contribution in [1.29, 1.82) is 0 Å². The molecule has 3 rings (SSSR count). The number of aryl methyl sites for hydroxylation is 2. The van der Waals surface area contributed by atoms with Crippen LogP contribution in [0.4, 0.5) is 5.69 Å². The predicted molar refractivity (Wildman–Crippen MR) is 109 cm³/mol. The third-order valence-corrected chi connectivity index (χ3v) is 5.11. The largest absolute Gasteiger partial charge is 0.325 e. The van der Waals surface area contributed by atoms with Crippen molar-refractivity contribution in [1.82, 2.24) is 14.5 Å². The summed E-state index contributed by atoms with van der Waals surface area (Å²) in [6.07, 6.45) is 3.22. The number of hydrogen-bond donors (Lipinski definition) is 1. The van der Waals surface area contributed by atoms with E-state index < -0.39 is 0 Å². The highest BCUT2D eigenvalue weighted by Crippen LogP contribution is 2.18. The van der Waals surface area contributed by atoms with Gasteiger partial charge < -0.3 is 5.32 Å². The molecule has 1 amide bonds. The van der Waals surface area contributed by atoms with Gasteiger partial charge in [0.2, 0.25) is 5.91 Å². The van der Waals surface area contributed by atoms with Gasteiger partial charge in [-0.3, -0.25) is 14.2 Å². The fourth-order valence-electron chi connectivity index (χ4n) is 2.58. The fourth-order valence-corrected chi connectivity index (χ4v) is 3.38. The van der Waals surface area contributed by atoms with Gasteiger partial charge in [0.15, 0.2) is 10.8 Å². The monoisotopic (exact) mass is 380 g/mol. The number of anilines is 1. The molecule has 0 saturated carbocycles. The molecule has 0 bridgehead atoms. The molecule has 27 heavy (non-hydrogen) atoms. The van der Waals surface area contributed by atoms with Crippen molar-refractivity contribution < 1.29 is 4.79 Å². The molecule has 0 radical (unpaired) electrons. The third kappa shape index (κ3) is 4.25. The Kier molecular flexibility index (Phi) is 5.71. The second kappa shape index (κ2) is 8.18. The summed E-state index contributed by atoms with van der Waals surface area (Å²) in [5, 5.41) is 3.77. The summed E-state index contributed by atoms with van der Waals surface area (Å²) in [7, 11) is 0. The number of nitrogens with one attached hydrogen (secondary N) is 1. The van der Waals surface area contributed by atoms with Gasteiger partial charge in [-0.1, -0.05) is 23.9 Å². The summed E-state index contributed by atoms with van der Waals surface area (Å²) >= 11 is 1.20. The van der Waals surface area contributed by atoms with Gasteiger partial charge in [-0.15, -0.1) is 6.58 Å². The lowest BCUT2D eigenvalue weighted by Gasteiger charge is -2.11. The van der Waals surface area contributed by atoms with Gasteiger partial charge in [-0.2, -0.15) is 0 Å². The molecule has 138 valence electrons. The van der Waals surface area contributed by atoms with Gasteiger partial charge in [-0.05, 0) is 49.2 Å². The molecule has 0 fully saturated rings. The highest BCUT2D eigenvalue weighted by atomic mass is 32.2. The van der Waals surface area contributed by atoms with E-state index in [2.05, 4.69) is 21.9 Å².